The number of H-pyrrole nitrogens is 1. The van der Waals surface area contributed by atoms with Crippen LogP contribution >= 0.6 is 15.9 Å². The number of aromatic nitrogens is 3. The third kappa shape index (κ3) is 4.47. The predicted molar refractivity (Wildman–Crippen MR) is 104 cm³/mol. The predicted octanol–water partition coefficient (Wildman–Crippen LogP) is 4.00. The minimum absolute atomic E-state index is 0.265. The zero-order valence-corrected chi connectivity index (χ0v) is 16.0. The van der Waals surface area contributed by atoms with Crippen LogP contribution in [0.15, 0.2) is 34.2 Å². The number of nitrogens with two attached hydrogens (primary N) is 1. The molecule has 2 aromatic heterocycles. The summed E-state index contributed by atoms with van der Waals surface area (Å²) in [6.45, 7) is 0.556. The Morgan fingerprint density at radius 3 is 2.79 bits per heavy atom. The number of nitroso groups, excluding NO2 is 1. The molecule has 0 saturated heterocycles. The van der Waals surface area contributed by atoms with Crippen LogP contribution in [0.5, 0.6) is 0 Å². The van der Waals surface area contributed by atoms with Crippen LogP contribution in [0.25, 0.3) is 11.0 Å². The Balaban J connectivity index is 0.000000320. The molecule has 0 bridgehead atoms. The fourth-order valence-electron chi connectivity index (χ4n) is 2.31. The number of benzene rings is 1. The van der Waals surface area contributed by atoms with Crippen molar-refractivity contribution in [1.29, 1.82) is 0 Å². The summed E-state index contributed by atoms with van der Waals surface area (Å²) in [4.78, 5) is 25.5. The van der Waals surface area contributed by atoms with Crippen LogP contribution < -0.4 is 11.1 Å². The summed E-state index contributed by atoms with van der Waals surface area (Å²) in [5, 5.41) is 12.3. The fraction of sp³-hybridized carbons (Fsp3) is 0.235. The molecule has 11 heteroatoms. The van der Waals surface area contributed by atoms with Gasteiger partial charge in [0.2, 0.25) is 0 Å². The lowest BCUT2D eigenvalue weighted by Gasteiger charge is -2.08. The lowest BCUT2D eigenvalue weighted by Crippen LogP contribution is -2.17. The van der Waals surface area contributed by atoms with Crippen LogP contribution in [0, 0.1) is 22.5 Å². The Kier molecular flexibility index (Phi) is 5.93. The lowest BCUT2D eigenvalue weighted by molar-refractivity contribution is 0.101. The first kappa shape index (κ1) is 19.8. The van der Waals surface area contributed by atoms with Gasteiger partial charge in [-0.15, -0.1) is 0 Å². The maximum atomic E-state index is 13.8. The van der Waals surface area contributed by atoms with Crippen LogP contribution in [-0.4, -0.2) is 27.6 Å². The van der Waals surface area contributed by atoms with Gasteiger partial charge >= 0.3 is 0 Å². The highest BCUT2D eigenvalue weighted by molar-refractivity contribution is 9.10. The molecule has 8 nitrogen and oxygen atoms in total. The molecule has 0 aliphatic heterocycles. The van der Waals surface area contributed by atoms with Crippen molar-refractivity contribution in [2.75, 3.05) is 17.6 Å². The molecule has 0 unspecified atom stereocenters. The molecule has 0 spiro atoms. The van der Waals surface area contributed by atoms with Gasteiger partial charge in [-0.3, -0.25) is 9.89 Å². The Labute approximate surface area is 166 Å². The molecule has 4 rings (SSSR count). The van der Waals surface area contributed by atoms with E-state index in [0.29, 0.717) is 28.1 Å². The largest absolute Gasteiger partial charge is 0.396 e. The van der Waals surface area contributed by atoms with E-state index in [1.165, 1.54) is 19.0 Å². The summed E-state index contributed by atoms with van der Waals surface area (Å²) >= 11 is 3.24. The summed E-state index contributed by atoms with van der Waals surface area (Å²) < 4.78 is 28.1. The first-order chi connectivity index (χ1) is 13.4. The van der Waals surface area contributed by atoms with Gasteiger partial charge in [-0.25, -0.2) is 13.8 Å². The highest BCUT2D eigenvalue weighted by atomic mass is 79.9. The lowest BCUT2D eigenvalue weighted by atomic mass is 10.1. The molecule has 2 heterocycles. The van der Waals surface area contributed by atoms with Crippen LogP contribution in [0.1, 0.15) is 23.2 Å². The summed E-state index contributed by atoms with van der Waals surface area (Å²) in [5.41, 5.74) is 5.00. The van der Waals surface area contributed by atoms with Crippen molar-refractivity contribution < 1.29 is 13.6 Å². The molecule has 1 amide bonds. The number of carbonyl (C=O) groups is 1. The number of amides is 1. The molecule has 146 valence electrons. The third-order valence-corrected chi connectivity index (χ3v) is 4.60. The second kappa shape index (κ2) is 8.38. The number of halogens is 3. The Morgan fingerprint density at radius 2 is 2.14 bits per heavy atom. The Bertz CT molecular complexity index is 1040. The molecule has 0 atom stereocenters. The SMILES string of the molecule is Nc1ccc(F)c(C(=O)Nc2cnc3n[nH]c(Br)c3c2)c1F.O=NCC1CC1. The van der Waals surface area contributed by atoms with E-state index in [2.05, 4.69) is 41.6 Å². The smallest absolute Gasteiger partial charge is 0.261 e. The minimum Gasteiger partial charge on any atom is -0.396 e. The van der Waals surface area contributed by atoms with Crippen molar-refractivity contribution >= 4 is 44.2 Å². The van der Waals surface area contributed by atoms with Crippen molar-refractivity contribution in [1.82, 2.24) is 15.2 Å². The van der Waals surface area contributed by atoms with Gasteiger partial charge in [0.25, 0.3) is 5.91 Å². The van der Waals surface area contributed by atoms with E-state index >= 15 is 0 Å². The van der Waals surface area contributed by atoms with Crippen LogP contribution in [-0.2, 0) is 0 Å². The normalized spacial score (nSPS) is 13.0. The minimum atomic E-state index is -1.10. The summed E-state index contributed by atoms with van der Waals surface area (Å²) in [5.74, 6) is -2.38. The molecule has 1 aliphatic rings. The topological polar surface area (TPSA) is 126 Å². The van der Waals surface area contributed by atoms with E-state index < -0.39 is 23.1 Å². The van der Waals surface area contributed by atoms with Crippen molar-refractivity contribution in [2.45, 2.75) is 12.8 Å². The quantitative estimate of drug-likeness (QED) is 0.407. The molecule has 1 fully saturated rings. The highest BCUT2D eigenvalue weighted by Crippen LogP contribution is 2.28. The molecule has 28 heavy (non-hydrogen) atoms. The number of hydrogen-bond acceptors (Lipinski definition) is 6. The average Bonchev–Trinajstić information content (AvgIpc) is 3.41. The first-order valence-corrected chi connectivity index (χ1v) is 9.03. The van der Waals surface area contributed by atoms with Gasteiger partial charge < -0.3 is 11.1 Å². The average molecular weight is 453 g/mol. The Hall–Kier alpha value is -2.95. The van der Waals surface area contributed by atoms with Gasteiger partial charge in [0.15, 0.2) is 11.5 Å². The molecule has 1 saturated carbocycles. The number of carbonyl (C=O) groups excluding carboxylic acids is 1. The van der Waals surface area contributed by atoms with Crippen LogP contribution in [0.4, 0.5) is 20.2 Å². The monoisotopic (exact) mass is 452 g/mol. The molecule has 4 N–H and O–H groups in total. The van der Waals surface area contributed by atoms with Gasteiger partial charge in [0.05, 0.1) is 29.5 Å². The Morgan fingerprint density at radius 1 is 1.39 bits per heavy atom. The number of aromatic amines is 1. The van der Waals surface area contributed by atoms with Gasteiger partial charge in [0.1, 0.15) is 16.0 Å². The summed E-state index contributed by atoms with van der Waals surface area (Å²) in [6, 6.07) is 3.55. The van der Waals surface area contributed by atoms with Crippen molar-refractivity contribution in [3.63, 3.8) is 0 Å². The number of rotatable bonds is 4. The number of nitrogens with zero attached hydrogens (tertiary/aromatic N) is 3. The number of nitrogen functional groups attached to an aromatic ring is 1. The zero-order valence-electron chi connectivity index (χ0n) is 14.4. The van der Waals surface area contributed by atoms with E-state index in [1.807, 2.05) is 0 Å². The van der Waals surface area contributed by atoms with Gasteiger partial charge in [-0.1, -0.05) is 5.18 Å². The number of anilines is 2. The standard InChI is InChI=1S/C13H8BrF2N5O.C4H7NO/c14-11-6-3-5(4-18-12(6)21-20-11)19-13(22)9-7(15)1-2-8(17)10(9)16;6-5-3-4-1-2-4/h1-4H,17H2,(H,19,22)(H,18,20,21);4H,1-3H2. The van der Waals surface area contributed by atoms with Crippen molar-refractivity contribution in [3.05, 3.63) is 51.1 Å². The van der Waals surface area contributed by atoms with E-state index in [9.17, 15) is 18.5 Å². The molecule has 1 aliphatic carbocycles. The number of pyridine rings is 1. The van der Waals surface area contributed by atoms with Gasteiger partial charge in [-0.2, -0.15) is 10.0 Å². The maximum Gasteiger partial charge on any atom is 0.261 e. The second-order valence-corrected chi connectivity index (χ2v) is 6.96. The number of nitrogens with one attached hydrogen (secondary N) is 2. The maximum absolute atomic E-state index is 13.8. The van der Waals surface area contributed by atoms with E-state index in [4.69, 9.17) is 5.73 Å². The molecular formula is C17H15BrF2N6O2. The summed E-state index contributed by atoms with van der Waals surface area (Å²) in [6.07, 6.45) is 3.78. The number of hydrogen-bond donors (Lipinski definition) is 3. The van der Waals surface area contributed by atoms with E-state index in [-0.39, 0.29) is 11.4 Å². The van der Waals surface area contributed by atoms with E-state index in [0.717, 1.165) is 12.1 Å². The fourth-order valence-corrected chi connectivity index (χ4v) is 2.70. The molecule has 1 aromatic carbocycles. The van der Waals surface area contributed by atoms with Gasteiger partial charge in [-0.05, 0) is 52.9 Å². The van der Waals surface area contributed by atoms with Crippen LogP contribution in [0.2, 0.25) is 0 Å². The second-order valence-electron chi connectivity index (χ2n) is 6.17. The molecule has 3 aromatic rings. The number of fused-ring (bicyclic) bond motifs is 1. The van der Waals surface area contributed by atoms with Crippen molar-refractivity contribution in [2.24, 2.45) is 11.1 Å². The van der Waals surface area contributed by atoms with Crippen molar-refractivity contribution in [3.8, 4) is 0 Å². The first-order valence-electron chi connectivity index (χ1n) is 8.24. The van der Waals surface area contributed by atoms with E-state index in [1.54, 1.807) is 6.07 Å². The highest BCUT2D eigenvalue weighted by Gasteiger charge is 2.21. The van der Waals surface area contributed by atoms with Crippen LogP contribution in [0.3, 0.4) is 0 Å². The molecular weight excluding hydrogens is 438 g/mol. The zero-order chi connectivity index (χ0) is 20.3. The summed E-state index contributed by atoms with van der Waals surface area (Å²) in [7, 11) is 0. The third-order valence-electron chi connectivity index (χ3n) is 4.00. The molecule has 0 radical (unpaired) electrons. The van der Waals surface area contributed by atoms with Gasteiger partial charge in [0, 0.05) is 0 Å².